The second-order valence-electron chi connectivity index (χ2n) is 6.53. The van der Waals surface area contributed by atoms with Gasteiger partial charge in [-0.05, 0) is 25.0 Å². The van der Waals surface area contributed by atoms with E-state index in [1.165, 1.54) is 37.2 Å². The van der Waals surface area contributed by atoms with Gasteiger partial charge in [-0.15, -0.1) is 0 Å². The summed E-state index contributed by atoms with van der Waals surface area (Å²) < 4.78 is 0. The number of piperazine rings is 1. The maximum atomic E-state index is 6.44. The third-order valence-corrected chi connectivity index (χ3v) is 4.85. The van der Waals surface area contributed by atoms with Crippen molar-refractivity contribution >= 4 is 17.3 Å². The number of halogens is 1. The Kier molecular flexibility index (Phi) is 4.72. The Bertz CT molecular complexity index is 477. The molecule has 3 nitrogen and oxygen atoms in total. The molecular formula is C17H26ClN3. The molecule has 1 aliphatic heterocycles. The lowest BCUT2D eigenvalue weighted by atomic mass is 10.1. The maximum Gasteiger partial charge on any atom is 0.0471 e. The van der Waals surface area contributed by atoms with Gasteiger partial charge in [-0.1, -0.05) is 31.5 Å². The van der Waals surface area contributed by atoms with Gasteiger partial charge in [-0.3, -0.25) is 4.90 Å². The van der Waals surface area contributed by atoms with Crippen LogP contribution in [0.4, 0.5) is 5.69 Å². The zero-order chi connectivity index (χ0) is 14.8. The Morgan fingerprint density at radius 1 is 1.19 bits per heavy atom. The van der Waals surface area contributed by atoms with E-state index in [0.29, 0.717) is 6.04 Å². The third kappa shape index (κ3) is 3.71. The number of anilines is 1. The van der Waals surface area contributed by atoms with E-state index in [4.69, 9.17) is 11.6 Å². The second-order valence-corrected chi connectivity index (χ2v) is 6.93. The van der Waals surface area contributed by atoms with Gasteiger partial charge in [0.2, 0.25) is 0 Å². The second kappa shape index (κ2) is 6.55. The largest absolute Gasteiger partial charge is 0.369 e. The molecule has 1 heterocycles. The highest BCUT2D eigenvalue weighted by atomic mass is 35.5. The predicted molar refractivity (Wildman–Crippen MR) is 90.2 cm³/mol. The highest BCUT2D eigenvalue weighted by molar-refractivity contribution is 6.31. The summed E-state index contributed by atoms with van der Waals surface area (Å²) in [5.41, 5.74) is 2.55. The molecule has 0 bridgehead atoms. The minimum Gasteiger partial charge on any atom is -0.369 e. The fraction of sp³-hybridized carbons (Fsp3) is 0.647. The molecule has 1 saturated heterocycles. The molecule has 2 fully saturated rings. The van der Waals surface area contributed by atoms with Crippen LogP contribution in [-0.2, 0) is 6.54 Å². The zero-order valence-electron chi connectivity index (χ0n) is 13.1. The summed E-state index contributed by atoms with van der Waals surface area (Å²) in [6, 6.07) is 7.65. The van der Waals surface area contributed by atoms with Crippen molar-refractivity contribution < 1.29 is 0 Å². The van der Waals surface area contributed by atoms with Gasteiger partial charge in [-0.2, -0.15) is 0 Å². The summed E-state index contributed by atoms with van der Waals surface area (Å²) in [5.74, 6) is 0. The van der Waals surface area contributed by atoms with Gasteiger partial charge in [0, 0.05) is 61.1 Å². The van der Waals surface area contributed by atoms with Gasteiger partial charge in [-0.25, -0.2) is 0 Å². The van der Waals surface area contributed by atoms with Crippen molar-refractivity contribution in [2.75, 3.05) is 31.1 Å². The maximum absolute atomic E-state index is 6.44. The lowest BCUT2D eigenvalue weighted by molar-refractivity contribution is 0.248. The molecule has 1 aliphatic carbocycles. The first-order valence-corrected chi connectivity index (χ1v) is 8.52. The quantitative estimate of drug-likeness (QED) is 0.901. The highest BCUT2D eigenvalue weighted by Crippen LogP contribution is 2.31. The van der Waals surface area contributed by atoms with Crippen LogP contribution in [0.1, 0.15) is 32.3 Å². The van der Waals surface area contributed by atoms with Crippen molar-refractivity contribution in [1.29, 1.82) is 0 Å². The lowest BCUT2D eigenvalue weighted by Crippen LogP contribution is -2.47. The lowest BCUT2D eigenvalue weighted by Gasteiger charge is -2.37. The summed E-state index contributed by atoms with van der Waals surface area (Å²) in [6.45, 7) is 9.80. The van der Waals surface area contributed by atoms with Gasteiger partial charge in [0.25, 0.3) is 0 Å². The fourth-order valence-electron chi connectivity index (χ4n) is 3.09. The SMILES string of the molecule is CC(C)NCc1c(Cl)cccc1N1CCN(C2CC2)CC1. The van der Waals surface area contributed by atoms with Crippen LogP contribution in [0.2, 0.25) is 5.02 Å². The molecule has 0 amide bonds. The fourth-order valence-corrected chi connectivity index (χ4v) is 3.33. The first-order chi connectivity index (χ1) is 10.1. The molecule has 0 spiro atoms. The molecule has 21 heavy (non-hydrogen) atoms. The van der Waals surface area contributed by atoms with E-state index in [0.717, 1.165) is 30.7 Å². The van der Waals surface area contributed by atoms with Crippen molar-refractivity contribution in [3.8, 4) is 0 Å². The number of rotatable bonds is 5. The molecule has 0 unspecified atom stereocenters. The minimum atomic E-state index is 0.473. The van der Waals surface area contributed by atoms with Crippen LogP contribution >= 0.6 is 11.6 Å². The van der Waals surface area contributed by atoms with E-state index in [1.807, 2.05) is 6.07 Å². The Morgan fingerprint density at radius 3 is 2.52 bits per heavy atom. The van der Waals surface area contributed by atoms with E-state index in [-0.39, 0.29) is 0 Å². The van der Waals surface area contributed by atoms with Crippen LogP contribution in [0, 0.1) is 0 Å². The number of nitrogens with one attached hydrogen (secondary N) is 1. The number of benzene rings is 1. The summed E-state index contributed by atoms with van der Waals surface area (Å²) in [4.78, 5) is 5.15. The first-order valence-electron chi connectivity index (χ1n) is 8.15. The standard InChI is InChI=1S/C17H26ClN3/c1-13(2)19-12-15-16(18)4-3-5-17(15)21-10-8-20(9-11-21)14-6-7-14/h3-5,13-14,19H,6-12H2,1-2H3. The predicted octanol–water partition coefficient (Wildman–Crippen LogP) is 3.12. The smallest absolute Gasteiger partial charge is 0.0471 e. The summed E-state index contributed by atoms with van der Waals surface area (Å²) >= 11 is 6.44. The van der Waals surface area contributed by atoms with E-state index in [2.05, 4.69) is 41.1 Å². The number of nitrogens with zero attached hydrogens (tertiary/aromatic N) is 2. The van der Waals surface area contributed by atoms with Crippen LogP contribution < -0.4 is 10.2 Å². The Labute approximate surface area is 133 Å². The van der Waals surface area contributed by atoms with Crippen molar-refractivity contribution in [3.63, 3.8) is 0 Å². The average molecular weight is 308 g/mol. The topological polar surface area (TPSA) is 18.5 Å². The van der Waals surface area contributed by atoms with Gasteiger partial charge >= 0.3 is 0 Å². The molecule has 2 aliphatic rings. The Balaban J connectivity index is 1.70. The molecular weight excluding hydrogens is 282 g/mol. The van der Waals surface area contributed by atoms with Crippen LogP contribution in [0.15, 0.2) is 18.2 Å². The molecule has 4 heteroatoms. The van der Waals surface area contributed by atoms with Crippen molar-refractivity contribution in [2.45, 2.75) is 45.3 Å². The molecule has 0 atom stereocenters. The van der Waals surface area contributed by atoms with Crippen LogP contribution in [0.25, 0.3) is 0 Å². The Hall–Kier alpha value is -0.770. The molecule has 3 rings (SSSR count). The van der Waals surface area contributed by atoms with Crippen LogP contribution in [0.3, 0.4) is 0 Å². The zero-order valence-corrected chi connectivity index (χ0v) is 13.9. The molecule has 1 aromatic rings. The molecule has 1 saturated carbocycles. The molecule has 1 aromatic carbocycles. The normalized spacial score (nSPS) is 20.3. The van der Waals surface area contributed by atoms with Gasteiger partial charge in [0.1, 0.15) is 0 Å². The van der Waals surface area contributed by atoms with Crippen LogP contribution in [0.5, 0.6) is 0 Å². The minimum absolute atomic E-state index is 0.473. The van der Waals surface area contributed by atoms with E-state index in [1.54, 1.807) is 0 Å². The summed E-state index contributed by atoms with van der Waals surface area (Å²) in [5, 5.41) is 4.38. The third-order valence-electron chi connectivity index (χ3n) is 4.50. The van der Waals surface area contributed by atoms with E-state index in [9.17, 15) is 0 Å². The molecule has 116 valence electrons. The van der Waals surface area contributed by atoms with E-state index >= 15 is 0 Å². The number of hydrogen-bond donors (Lipinski definition) is 1. The van der Waals surface area contributed by atoms with Crippen LogP contribution in [-0.4, -0.2) is 43.2 Å². The number of hydrogen-bond acceptors (Lipinski definition) is 3. The Morgan fingerprint density at radius 2 is 1.90 bits per heavy atom. The highest BCUT2D eigenvalue weighted by Gasteiger charge is 2.31. The molecule has 0 radical (unpaired) electrons. The van der Waals surface area contributed by atoms with Crippen molar-refractivity contribution in [3.05, 3.63) is 28.8 Å². The first kappa shape index (κ1) is 15.1. The van der Waals surface area contributed by atoms with Gasteiger partial charge in [0.15, 0.2) is 0 Å². The van der Waals surface area contributed by atoms with E-state index < -0.39 is 0 Å². The molecule has 1 N–H and O–H groups in total. The van der Waals surface area contributed by atoms with Crippen molar-refractivity contribution in [1.82, 2.24) is 10.2 Å². The summed E-state index contributed by atoms with van der Waals surface area (Å²) in [7, 11) is 0. The van der Waals surface area contributed by atoms with Gasteiger partial charge < -0.3 is 10.2 Å². The van der Waals surface area contributed by atoms with Crippen molar-refractivity contribution in [2.24, 2.45) is 0 Å². The summed E-state index contributed by atoms with van der Waals surface area (Å²) in [6.07, 6.45) is 2.81. The average Bonchev–Trinajstić information content (AvgIpc) is 3.30. The van der Waals surface area contributed by atoms with Gasteiger partial charge in [0.05, 0.1) is 0 Å². The monoisotopic (exact) mass is 307 g/mol. The molecule has 0 aromatic heterocycles.